The second-order valence-electron chi connectivity index (χ2n) is 9.03. The Morgan fingerprint density at radius 2 is 1.94 bits per heavy atom. The maximum absolute atomic E-state index is 13.3. The summed E-state index contributed by atoms with van der Waals surface area (Å²) < 4.78 is 0. The quantitative estimate of drug-likeness (QED) is 0.382. The predicted octanol–water partition coefficient (Wildman–Crippen LogP) is 0.528. The molecule has 0 saturated carbocycles. The van der Waals surface area contributed by atoms with Crippen LogP contribution in [0.2, 0.25) is 0 Å². The minimum Gasteiger partial charge on any atom is -0.480 e. The van der Waals surface area contributed by atoms with Gasteiger partial charge in [-0.15, -0.1) is 0 Å². The highest BCUT2D eigenvalue weighted by Crippen LogP contribution is 2.22. The largest absolute Gasteiger partial charge is 0.480 e. The molecule has 4 atom stereocenters. The van der Waals surface area contributed by atoms with Gasteiger partial charge in [-0.2, -0.15) is 0 Å². The Bertz CT molecular complexity index is 1080. The van der Waals surface area contributed by atoms with E-state index in [1.165, 1.54) is 6.92 Å². The van der Waals surface area contributed by atoms with Crippen molar-refractivity contribution in [2.45, 2.75) is 63.2 Å². The van der Waals surface area contributed by atoms with E-state index in [9.17, 15) is 24.3 Å². The van der Waals surface area contributed by atoms with Crippen molar-refractivity contribution in [3.63, 3.8) is 0 Å². The number of aliphatic carboxylic acids is 1. The van der Waals surface area contributed by atoms with Crippen LogP contribution in [0.4, 0.5) is 0 Å². The molecule has 2 saturated heterocycles. The zero-order valence-corrected chi connectivity index (χ0v) is 19.2. The summed E-state index contributed by atoms with van der Waals surface area (Å²) in [5, 5.41) is 18.6. The van der Waals surface area contributed by atoms with Gasteiger partial charge in [0.1, 0.15) is 18.1 Å². The number of carboxylic acids is 1. The van der Waals surface area contributed by atoms with E-state index in [0.29, 0.717) is 19.4 Å². The maximum atomic E-state index is 13.3. The van der Waals surface area contributed by atoms with Crippen molar-refractivity contribution in [1.82, 2.24) is 25.8 Å². The van der Waals surface area contributed by atoms with Gasteiger partial charge in [0.05, 0.1) is 6.04 Å². The van der Waals surface area contributed by atoms with Crippen LogP contribution in [0, 0.1) is 0 Å². The smallest absolute Gasteiger partial charge is 0.325 e. The van der Waals surface area contributed by atoms with Crippen LogP contribution in [0.15, 0.2) is 30.5 Å². The zero-order chi connectivity index (χ0) is 24.2. The topological polar surface area (TPSA) is 144 Å². The fraction of sp³-hybridized carbons (Fsp3) is 0.500. The minimum atomic E-state index is -1.16. The van der Waals surface area contributed by atoms with Crippen molar-refractivity contribution in [2.24, 2.45) is 0 Å². The number of nitrogens with zero attached hydrogens (tertiary/aromatic N) is 1. The third-order valence-electron chi connectivity index (χ3n) is 6.66. The van der Waals surface area contributed by atoms with Crippen molar-refractivity contribution in [2.75, 3.05) is 13.1 Å². The molecule has 1 aromatic heterocycles. The molecule has 4 rings (SSSR count). The number of fused-ring (bicyclic) bond motifs is 1. The zero-order valence-electron chi connectivity index (χ0n) is 19.2. The third-order valence-corrected chi connectivity index (χ3v) is 6.66. The van der Waals surface area contributed by atoms with Crippen LogP contribution >= 0.6 is 0 Å². The van der Waals surface area contributed by atoms with Gasteiger partial charge in [0.25, 0.3) is 0 Å². The second-order valence-corrected chi connectivity index (χ2v) is 9.03. The SMILES string of the molecule is CC(NC(=O)C(Cc1c[nH]c2ccccc12)NC(=O)C1CCCN1C(=O)C1CCCN1)C(=O)O. The van der Waals surface area contributed by atoms with Crippen LogP contribution in [-0.2, 0) is 25.6 Å². The molecule has 5 N–H and O–H groups in total. The Hall–Kier alpha value is -3.40. The van der Waals surface area contributed by atoms with Crippen LogP contribution in [0.25, 0.3) is 10.9 Å². The molecule has 1 aromatic carbocycles. The number of nitrogens with one attached hydrogen (secondary N) is 4. The van der Waals surface area contributed by atoms with Gasteiger partial charge >= 0.3 is 5.97 Å². The summed E-state index contributed by atoms with van der Waals surface area (Å²) in [6.45, 7) is 2.66. The molecule has 0 radical (unpaired) electrons. The Morgan fingerprint density at radius 1 is 1.15 bits per heavy atom. The number of aromatic nitrogens is 1. The number of benzene rings is 1. The fourth-order valence-electron chi connectivity index (χ4n) is 4.77. The molecule has 3 amide bonds. The standard InChI is InChI=1S/C24H31N5O5/c1-14(24(33)34)27-21(30)19(12-15-13-26-17-7-3-2-6-16(15)17)28-22(31)20-9-5-11-29(20)23(32)18-8-4-10-25-18/h2-3,6-7,13-14,18-20,25-26H,4-5,8-12H2,1H3,(H,27,30)(H,28,31)(H,33,34). The highest BCUT2D eigenvalue weighted by molar-refractivity contribution is 5.95. The lowest BCUT2D eigenvalue weighted by molar-refractivity contribution is -0.142. The summed E-state index contributed by atoms with van der Waals surface area (Å²) in [5.74, 6) is -2.22. The fourth-order valence-corrected chi connectivity index (χ4v) is 4.77. The molecule has 4 unspecified atom stereocenters. The summed E-state index contributed by atoms with van der Waals surface area (Å²) in [6, 6.07) is 4.61. The Balaban J connectivity index is 1.52. The number of rotatable bonds is 8. The molecule has 2 aliphatic heterocycles. The van der Waals surface area contributed by atoms with Crippen molar-refractivity contribution in [3.8, 4) is 0 Å². The number of likely N-dealkylation sites (tertiary alicyclic amines) is 1. The normalized spacial score (nSPS) is 21.9. The van der Waals surface area contributed by atoms with E-state index in [4.69, 9.17) is 0 Å². The summed E-state index contributed by atoms with van der Waals surface area (Å²) in [7, 11) is 0. The number of para-hydroxylation sites is 1. The first-order chi connectivity index (χ1) is 16.3. The molecule has 2 aromatic rings. The van der Waals surface area contributed by atoms with E-state index in [-0.39, 0.29) is 18.4 Å². The molecular weight excluding hydrogens is 438 g/mol. The second kappa shape index (κ2) is 10.3. The van der Waals surface area contributed by atoms with Crippen molar-refractivity contribution in [3.05, 3.63) is 36.0 Å². The molecular formula is C24H31N5O5. The first kappa shape index (κ1) is 23.7. The maximum Gasteiger partial charge on any atom is 0.325 e. The number of carboxylic acid groups (broad SMARTS) is 1. The van der Waals surface area contributed by atoms with Gasteiger partial charge < -0.3 is 30.9 Å². The number of carbonyl (C=O) groups is 4. The van der Waals surface area contributed by atoms with Crippen LogP contribution in [0.5, 0.6) is 0 Å². The lowest BCUT2D eigenvalue weighted by Gasteiger charge is -2.28. The van der Waals surface area contributed by atoms with E-state index in [0.717, 1.165) is 35.9 Å². The average Bonchev–Trinajstić information content (AvgIpc) is 3.59. The van der Waals surface area contributed by atoms with Gasteiger partial charge in [0, 0.05) is 30.1 Å². The molecule has 34 heavy (non-hydrogen) atoms. The summed E-state index contributed by atoms with van der Waals surface area (Å²) >= 11 is 0. The van der Waals surface area contributed by atoms with Crippen LogP contribution < -0.4 is 16.0 Å². The Morgan fingerprint density at radius 3 is 2.68 bits per heavy atom. The minimum absolute atomic E-state index is 0.0766. The summed E-state index contributed by atoms with van der Waals surface area (Å²) in [5.41, 5.74) is 1.73. The van der Waals surface area contributed by atoms with Crippen molar-refractivity contribution < 1.29 is 24.3 Å². The number of amides is 3. The molecule has 3 heterocycles. The highest BCUT2D eigenvalue weighted by atomic mass is 16.4. The number of hydrogen-bond acceptors (Lipinski definition) is 5. The van der Waals surface area contributed by atoms with E-state index in [1.807, 2.05) is 24.3 Å². The summed E-state index contributed by atoms with van der Waals surface area (Å²) in [6.07, 6.45) is 4.88. The number of aromatic amines is 1. The molecule has 0 aliphatic carbocycles. The lowest BCUT2D eigenvalue weighted by atomic mass is 10.0. The third kappa shape index (κ3) is 5.06. The first-order valence-corrected chi connectivity index (χ1v) is 11.8. The highest BCUT2D eigenvalue weighted by Gasteiger charge is 2.39. The van der Waals surface area contributed by atoms with Gasteiger partial charge in [0.2, 0.25) is 17.7 Å². The van der Waals surface area contributed by atoms with Gasteiger partial charge in [0.15, 0.2) is 0 Å². The van der Waals surface area contributed by atoms with E-state index >= 15 is 0 Å². The first-order valence-electron chi connectivity index (χ1n) is 11.8. The Kier molecular flexibility index (Phi) is 7.16. The van der Waals surface area contributed by atoms with E-state index in [1.54, 1.807) is 11.1 Å². The molecule has 0 spiro atoms. The molecule has 2 aliphatic rings. The van der Waals surface area contributed by atoms with Crippen molar-refractivity contribution >= 4 is 34.6 Å². The lowest BCUT2D eigenvalue weighted by Crippen LogP contribution is -2.56. The number of hydrogen-bond donors (Lipinski definition) is 5. The number of H-pyrrole nitrogens is 1. The van der Waals surface area contributed by atoms with Crippen molar-refractivity contribution in [1.29, 1.82) is 0 Å². The van der Waals surface area contributed by atoms with Crippen LogP contribution in [0.1, 0.15) is 38.2 Å². The molecule has 2 fully saturated rings. The predicted molar refractivity (Wildman–Crippen MR) is 125 cm³/mol. The van der Waals surface area contributed by atoms with Crippen LogP contribution in [-0.4, -0.2) is 75.9 Å². The van der Waals surface area contributed by atoms with Gasteiger partial charge in [-0.1, -0.05) is 18.2 Å². The monoisotopic (exact) mass is 469 g/mol. The Labute approximate surface area is 197 Å². The van der Waals surface area contributed by atoms with Gasteiger partial charge in [-0.05, 0) is 50.8 Å². The van der Waals surface area contributed by atoms with Gasteiger partial charge in [-0.3, -0.25) is 19.2 Å². The van der Waals surface area contributed by atoms with E-state index < -0.39 is 35.9 Å². The van der Waals surface area contributed by atoms with Crippen LogP contribution in [0.3, 0.4) is 0 Å². The van der Waals surface area contributed by atoms with E-state index in [2.05, 4.69) is 20.9 Å². The van der Waals surface area contributed by atoms with Gasteiger partial charge in [-0.25, -0.2) is 0 Å². The number of carbonyl (C=O) groups excluding carboxylic acids is 3. The average molecular weight is 470 g/mol. The summed E-state index contributed by atoms with van der Waals surface area (Å²) in [4.78, 5) is 55.2. The molecule has 10 nitrogen and oxygen atoms in total. The molecule has 182 valence electrons. The molecule has 0 bridgehead atoms. The molecule has 10 heteroatoms.